The molecule has 3 atom stereocenters. The smallest absolute Gasteiger partial charge is 0.303 e. The summed E-state index contributed by atoms with van der Waals surface area (Å²) in [5.41, 5.74) is 2.36. The number of para-hydroxylation sites is 1. The Labute approximate surface area is 201 Å². The molecular formula is C26H27BrN2O4. The van der Waals surface area contributed by atoms with Crippen molar-refractivity contribution in [2.45, 2.75) is 62.4 Å². The number of benzene rings is 2. The van der Waals surface area contributed by atoms with Gasteiger partial charge in [-0.15, -0.1) is 0 Å². The standard InChI is InChI=1S/C26H27BrN2O4/c27-17-6-3-5-16(15-17)25(33)29-20-9-2-1-7-18(20)24(19-8-4-10-21(19)29)26(13-14-26)28-22(30)11-12-23(31)32/h1-3,5-7,9,15,19,21,24H,4,8,10-14H2,(H,28,30)(H,31,32). The Morgan fingerprint density at radius 2 is 1.85 bits per heavy atom. The van der Waals surface area contributed by atoms with Crippen molar-refractivity contribution < 1.29 is 19.5 Å². The van der Waals surface area contributed by atoms with E-state index in [1.54, 1.807) is 0 Å². The molecule has 7 heteroatoms. The maximum atomic E-state index is 13.7. The zero-order valence-corrected chi connectivity index (χ0v) is 19.9. The molecule has 0 saturated heterocycles. The van der Waals surface area contributed by atoms with Crippen molar-refractivity contribution >= 4 is 39.4 Å². The van der Waals surface area contributed by atoms with Crippen LogP contribution in [0, 0.1) is 5.92 Å². The SMILES string of the molecule is O=C(O)CCC(=O)NC1(C2c3ccccc3N(C(=O)c3cccc(Br)c3)C3CCCC32)CC1. The zero-order chi connectivity index (χ0) is 23.2. The summed E-state index contributed by atoms with van der Waals surface area (Å²) in [5, 5.41) is 12.2. The van der Waals surface area contributed by atoms with Gasteiger partial charge in [0.25, 0.3) is 5.91 Å². The monoisotopic (exact) mass is 510 g/mol. The molecule has 172 valence electrons. The fraction of sp³-hybridized carbons (Fsp3) is 0.423. The minimum absolute atomic E-state index is 0.00690. The van der Waals surface area contributed by atoms with Crippen LogP contribution in [0.1, 0.15) is 66.8 Å². The summed E-state index contributed by atoms with van der Waals surface area (Å²) in [6.45, 7) is 0. The summed E-state index contributed by atoms with van der Waals surface area (Å²) >= 11 is 3.48. The lowest BCUT2D eigenvalue weighted by atomic mass is 9.72. The molecule has 0 spiro atoms. The van der Waals surface area contributed by atoms with Crippen molar-refractivity contribution in [3.8, 4) is 0 Å². The second-order valence-corrected chi connectivity index (χ2v) is 10.4. The van der Waals surface area contributed by atoms with Gasteiger partial charge in [0.1, 0.15) is 0 Å². The van der Waals surface area contributed by atoms with E-state index in [0.717, 1.165) is 47.8 Å². The van der Waals surface area contributed by atoms with E-state index in [0.29, 0.717) is 5.56 Å². The van der Waals surface area contributed by atoms with Crippen LogP contribution >= 0.6 is 15.9 Å². The summed E-state index contributed by atoms with van der Waals surface area (Å²) in [4.78, 5) is 39.2. The van der Waals surface area contributed by atoms with Crippen LogP contribution in [0.2, 0.25) is 0 Å². The molecule has 0 bridgehead atoms. The largest absolute Gasteiger partial charge is 0.481 e. The number of carboxylic acids is 1. The van der Waals surface area contributed by atoms with Gasteiger partial charge < -0.3 is 15.3 Å². The lowest BCUT2D eigenvalue weighted by molar-refractivity contribution is -0.139. The molecule has 0 radical (unpaired) electrons. The van der Waals surface area contributed by atoms with E-state index in [-0.39, 0.29) is 48.1 Å². The van der Waals surface area contributed by atoms with Gasteiger partial charge in [0.15, 0.2) is 0 Å². The molecule has 2 aromatic rings. The van der Waals surface area contributed by atoms with E-state index in [1.165, 1.54) is 0 Å². The second-order valence-electron chi connectivity index (χ2n) is 9.48. The first-order valence-electron chi connectivity index (χ1n) is 11.6. The molecule has 2 amide bonds. The van der Waals surface area contributed by atoms with E-state index in [4.69, 9.17) is 5.11 Å². The van der Waals surface area contributed by atoms with E-state index in [1.807, 2.05) is 47.4 Å². The minimum Gasteiger partial charge on any atom is -0.481 e. The predicted octanol–water partition coefficient (Wildman–Crippen LogP) is 4.88. The molecule has 3 unspecified atom stereocenters. The average molecular weight is 511 g/mol. The highest BCUT2D eigenvalue weighted by atomic mass is 79.9. The Kier molecular flexibility index (Phi) is 5.77. The van der Waals surface area contributed by atoms with Gasteiger partial charge >= 0.3 is 5.97 Å². The molecule has 6 nitrogen and oxygen atoms in total. The molecule has 2 fully saturated rings. The summed E-state index contributed by atoms with van der Waals surface area (Å²) < 4.78 is 0.875. The van der Waals surface area contributed by atoms with Gasteiger partial charge in [-0.1, -0.05) is 46.6 Å². The van der Waals surface area contributed by atoms with Gasteiger partial charge in [-0.2, -0.15) is 0 Å². The lowest BCUT2D eigenvalue weighted by Gasteiger charge is -2.47. The number of nitrogens with zero attached hydrogens (tertiary/aromatic N) is 1. The van der Waals surface area contributed by atoms with Crippen molar-refractivity contribution in [2.75, 3.05) is 4.90 Å². The van der Waals surface area contributed by atoms with Crippen LogP contribution in [0.4, 0.5) is 5.69 Å². The van der Waals surface area contributed by atoms with Gasteiger partial charge in [0, 0.05) is 39.6 Å². The van der Waals surface area contributed by atoms with Crippen LogP contribution in [0.5, 0.6) is 0 Å². The van der Waals surface area contributed by atoms with Crippen molar-refractivity contribution in [1.29, 1.82) is 0 Å². The van der Waals surface area contributed by atoms with Crippen LogP contribution < -0.4 is 10.2 Å². The number of nitrogens with one attached hydrogen (secondary N) is 1. The van der Waals surface area contributed by atoms with Crippen molar-refractivity contribution in [3.05, 3.63) is 64.1 Å². The third kappa shape index (κ3) is 4.07. The Morgan fingerprint density at radius 3 is 2.58 bits per heavy atom. The van der Waals surface area contributed by atoms with Gasteiger partial charge in [-0.3, -0.25) is 14.4 Å². The highest BCUT2D eigenvalue weighted by Crippen LogP contribution is 2.59. The molecule has 2 N–H and O–H groups in total. The van der Waals surface area contributed by atoms with Crippen LogP contribution in [0.25, 0.3) is 0 Å². The number of fused-ring (bicyclic) bond motifs is 2. The third-order valence-electron chi connectivity index (χ3n) is 7.45. The van der Waals surface area contributed by atoms with Crippen LogP contribution in [0.3, 0.4) is 0 Å². The molecule has 5 rings (SSSR count). The van der Waals surface area contributed by atoms with Crippen LogP contribution in [-0.4, -0.2) is 34.5 Å². The number of hydrogen-bond donors (Lipinski definition) is 2. The topological polar surface area (TPSA) is 86.7 Å². The Hall–Kier alpha value is -2.67. The number of carboxylic acid groups (broad SMARTS) is 1. The zero-order valence-electron chi connectivity index (χ0n) is 18.3. The Balaban J connectivity index is 1.51. The number of anilines is 1. The summed E-state index contributed by atoms with van der Waals surface area (Å²) in [6, 6.07) is 15.7. The molecule has 2 saturated carbocycles. The van der Waals surface area contributed by atoms with E-state index in [2.05, 4.69) is 27.3 Å². The number of rotatable bonds is 6. The fourth-order valence-corrected chi connectivity index (χ4v) is 6.39. The number of hydrogen-bond acceptors (Lipinski definition) is 3. The second kappa shape index (κ2) is 8.60. The predicted molar refractivity (Wildman–Crippen MR) is 128 cm³/mol. The maximum absolute atomic E-state index is 13.7. The van der Waals surface area contributed by atoms with Gasteiger partial charge in [0.2, 0.25) is 5.91 Å². The Bertz CT molecular complexity index is 1110. The fourth-order valence-electron chi connectivity index (χ4n) is 5.99. The molecular weight excluding hydrogens is 484 g/mol. The van der Waals surface area contributed by atoms with E-state index < -0.39 is 5.97 Å². The number of carbonyl (C=O) groups is 3. The maximum Gasteiger partial charge on any atom is 0.303 e. The number of halogens is 1. The number of carbonyl (C=O) groups excluding carboxylic acids is 2. The van der Waals surface area contributed by atoms with E-state index in [9.17, 15) is 14.4 Å². The first-order chi connectivity index (χ1) is 15.9. The quantitative estimate of drug-likeness (QED) is 0.579. The molecule has 1 aliphatic heterocycles. The third-order valence-corrected chi connectivity index (χ3v) is 7.94. The van der Waals surface area contributed by atoms with Crippen molar-refractivity contribution in [2.24, 2.45) is 5.92 Å². The minimum atomic E-state index is -0.962. The molecule has 3 aliphatic rings. The summed E-state index contributed by atoms with van der Waals surface area (Å²) in [6.07, 6.45) is 4.60. The normalized spacial score (nSPS) is 24.5. The van der Waals surface area contributed by atoms with Gasteiger partial charge in [-0.05, 0) is 61.4 Å². The van der Waals surface area contributed by atoms with Gasteiger partial charge in [-0.25, -0.2) is 0 Å². The lowest BCUT2D eigenvalue weighted by Crippen LogP contribution is -2.53. The number of amides is 2. The number of aliphatic carboxylic acids is 1. The van der Waals surface area contributed by atoms with Crippen LogP contribution in [0.15, 0.2) is 53.0 Å². The molecule has 2 aromatic carbocycles. The first kappa shape index (κ1) is 22.1. The average Bonchev–Trinajstić information content (AvgIpc) is 3.40. The molecule has 1 heterocycles. The first-order valence-corrected chi connectivity index (χ1v) is 12.4. The van der Waals surface area contributed by atoms with Crippen molar-refractivity contribution in [3.63, 3.8) is 0 Å². The van der Waals surface area contributed by atoms with E-state index >= 15 is 0 Å². The summed E-state index contributed by atoms with van der Waals surface area (Å²) in [7, 11) is 0. The molecule has 33 heavy (non-hydrogen) atoms. The van der Waals surface area contributed by atoms with Gasteiger partial charge in [0.05, 0.1) is 6.42 Å². The van der Waals surface area contributed by atoms with Crippen molar-refractivity contribution in [1.82, 2.24) is 5.32 Å². The molecule has 2 aliphatic carbocycles. The summed E-state index contributed by atoms with van der Waals surface area (Å²) in [5.74, 6) is -0.764. The molecule has 0 aromatic heterocycles. The highest BCUT2D eigenvalue weighted by molar-refractivity contribution is 9.10. The van der Waals surface area contributed by atoms with Crippen LogP contribution in [-0.2, 0) is 9.59 Å². The Morgan fingerprint density at radius 1 is 1.06 bits per heavy atom. The highest BCUT2D eigenvalue weighted by Gasteiger charge is 2.59.